The van der Waals surface area contributed by atoms with E-state index in [1.807, 2.05) is 0 Å². The van der Waals surface area contributed by atoms with E-state index in [0.29, 0.717) is 11.0 Å². The van der Waals surface area contributed by atoms with Crippen LogP contribution < -0.4 is 5.56 Å². The maximum atomic E-state index is 11.4. The van der Waals surface area contributed by atoms with Gasteiger partial charge in [0.25, 0.3) is 5.56 Å². The van der Waals surface area contributed by atoms with Crippen LogP contribution >= 0.6 is 15.9 Å². The fourth-order valence-corrected chi connectivity index (χ4v) is 1.66. The first kappa shape index (κ1) is 10.0. The molecule has 0 unspecified atom stereocenters. The largest absolute Gasteiger partial charge is 0.319 e. The van der Waals surface area contributed by atoms with Gasteiger partial charge in [-0.15, -0.1) is 0 Å². The summed E-state index contributed by atoms with van der Waals surface area (Å²) in [5.41, 5.74) is 0.709. The quantitative estimate of drug-likeness (QED) is 0.802. The van der Waals surface area contributed by atoms with Gasteiger partial charge < -0.3 is 4.98 Å². The van der Waals surface area contributed by atoms with Crippen LogP contribution in [0.15, 0.2) is 27.5 Å². The van der Waals surface area contributed by atoms with Crippen LogP contribution in [0.1, 0.15) is 17.4 Å². The highest BCUT2D eigenvalue weighted by molar-refractivity contribution is 9.10. The molecule has 0 atom stereocenters. The molecule has 0 aliphatic rings. The van der Waals surface area contributed by atoms with Crippen LogP contribution in [0.4, 0.5) is 0 Å². The van der Waals surface area contributed by atoms with Gasteiger partial charge in [-0.3, -0.25) is 9.59 Å². The van der Waals surface area contributed by atoms with Gasteiger partial charge in [-0.2, -0.15) is 0 Å². The van der Waals surface area contributed by atoms with Crippen molar-refractivity contribution < 1.29 is 4.79 Å². The number of ketones is 1. The summed E-state index contributed by atoms with van der Waals surface area (Å²) in [7, 11) is 0. The number of carbonyl (C=O) groups is 1. The summed E-state index contributed by atoms with van der Waals surface area (Å²) in [5, 5.41) is 0. The molecule has 0 bridgehead atoms. The van der Waals surface area contributed by atoms with Crippen molar-refractivity contribution in [1.29, 1.82) is 0 Å². The number of nitrogens with zero attached hydrogens (tertiary/aromatic N) is 1. The van der Waals surface area contributed by atoms with Gasteiger partial charge in [0.05, 0.1) is 11.0 Å². The average molecular weight is 267 g/mol. The monoisotopic (exact) mass is 266 g/mol. The molecule has 0 aliphatic heterocycles. The summed E-state index contributed by atoms with van der Waals surface area (Å²) in [6.45, 7) is 1.32. The van der Waals surface area contributed by atoms with Gasteiger partial charge in [-0.05, 0) is 18.2 Å². The van der Waals surface area contributed by atoms with E-state index < -0.39 is 5.56 Å². The number of aromatic amines is 1. The number of carbonyl (C=O) groups excluding carboxylic acids is 1. The minimum Gasteiger partial charge on any atom is -0.319 e. The summed E-state index contributed by atoms with van der Waals surface area (Å²) in [6.07, 6.45) is 0. The maximum Gasteiger partial charge on any atom is 0.278 e. The molecule has 15 heavy (non-hydrogen) atoms. The molecule has 76 valence electrons. The molecule has 2 aromatic rings. The number of halogens is 1. The lowest BCUT2D eigenvalue weighted by atomic mass is 10.2. The number of Topliss-reactive ketones (excluding diaryl/α,β-unsaturated/α-hetero) is 1. The van der Waals surface area contributed by atoms with Crippen molar-refractivity contribution in [2.24, 2.45) is 0 Å². The summed E-state index contributed by atoms with van der Waals surface area (Å²) in [5.74, 6) is -0.332. The Morgan fingerprint density at radius 3 is 2.87 bits per heavy atom. The standard InChI is InChI=1S/C10H7BrN2O2/c1-5(14)9-10(15)13-8-4-6(11)2-3-7(8)12-9/h2-4H,1H3,(H,13,15). The van der Waals surface area contributed by atoms with Gasteiger partial charge in [0.1, 0.15) is 0 Å². The molecule has 1 heterocycles. The Morgan fingerprint density at radius 1 is 1.47 bits per heavy atom. The van der Waals surface area contributed by atoms with Crippen molar-refractivity contribution in [3.63, 3.8) is 0 Å². The third-order valence-electron chi connectivity index (χ3n) is 1.99. The zero-order valence-corrected chi connectivity index (χ0v) is 9.46. The Kier molecular flexibility index (Phi) is 2.40. The number of H-pyrrole nitrogens is 1. The number of benzene rings is 1. The highest BCUT2D eigenvalue weighted by Gasteiger charge is 2.08. The van der Waals surface area contributed by atoms with Crippen molar-refractivity contribution in [1.82, 2.24) is 9.97 Å². The topological polar surface area (TPSA) is 62.8 Å². The minimum absolute atomic E-state index is 0.0511. The molecule has 5 heteroatoms. The SMILES string of the molecule is CC(=O)c1nc2ccc(Br)cc2[nH]c1=O. The summed E-state index contributed by atoms with van der Waals surface area (Å²) >= 11 is 3.29. The molecule has 4 nitrogen and oxygen atoms in total. The van der Waals surface area contributed by atoms with Gasteiger partial charge >= 0.3 is 0 Å². The second kappa shape index (κ2) is 3.58. The first-order valence-electron chi connectivity index (χ1n) is 4.28. The van der Waals surface area contributed by atoms with Crippen molar-refractivity contribution >= 4 is 32.7 Å². The second-order valence-corrected chi connectivity index (χ2v) is 4.05. The van der Waals surface area contributed by atoms with Crippen LogP contribution in [-0.4, -0.2) is 15.8 Å². The molecule has 1 aromatic heterocycles. The molecular formula is C10H7BrN2O2. The Labute approximate surface area is 93.5 Å². The molecule has 1 aromatic carbocycles. The lowest BCUT2D eigenvalue weighted by Crippen LogP contribution is -2.18. The highest BCUT2D eigenvalue weighted by Crippen LogP contribution is 2.15. The molecule has 0 aliphatic carbocycles. The summed E-state index contributed by atoms with van der Waals surface area (Å²) < 4.78 is 0.850. The summed E-state index contributed by atoms with van der Waals surface area (Å²) in [4.78, 5) is 29.1. The van der Waals surface area contributed by atoms with Crippen molar-refractivity contribution in [2.75, 3.05) is 0 Å². The summed E-state index contributed by atoms with van der Waals surface area (Å²) in [6, 6.07) is 5.28. The molecule has 1 N–H and O–H groups in total. The predicted molar refractivity (Wildman–Crippen MR) is 60.1 cm³/mol. The average Bonchev–Trinajstić information content (AvgIpc) is 2.15. The van der Waals surface area contributed by atoms with Gasteiger partial charge in [0, 0.05) is 11.4 Å². The number of hydrogen-bond donors (Lipinski definition) is 1. The fourth-order valence-electron chi connectivity index (χ4n) is 1.30. The Morgan fingerprint density at radius 2 is 2.20 bits per heavy atom. The van der Waals surface area contributed by atoms with Crippen molar-refractivity contribution in [2.45, 2.75) is 6.92 Å². The van der Waals surface area contributed by atoms with E-state index in [-0.39, 0.29) is 11.5 Å². The molecule has 2 rings (SSSR count). The predicted octanol–water partition coefficient (Wildman–Crippen LogP) is 1.89. The molecule has 0 radical (unpaired) electrons. The number of rotatable bonds is 1. The van der Waals surface area contributed by atoms with Crippen molar-refractivity contribution in [3.05, 3.63) is 38.7 Å². The van der Waals surface area contributed by atoms with Crippen LogP contribution in [0.25, 0.3) is 11.0 Å². The zero-order chi connectivity index (χ0) is 11.0. The normalized spacial score (nSPS) is 10.5. The molecule has 0 fully saturated rings. The second-order valence-electron chi connectivity index (χ2n) is 3.13. The third-order valence-corrected chi connectivity index (χ3v) is 2.48. The number of fused-ring (bicyclic) bond motifs is 1. The number of nitrogens with one attached hydrogen (secondary N) is 1. The Bertz CT molecular complexity index is 604. The van der Waals surface area contributed by atoms with Gasteiger partial charge in [-0.25, -0.2) is 4.98 Å². The van der Waals surface area contributed by atoms with E-state index in [0.717, 1.165) is 4.47 Å². The van der Waals surface area contributed by atoms with E-state index in [4.69, 9.17) is 0 Å². The van der Waals surface area contributed by atoms with Crippen LogP contribution in [0, 0.1) is 0 Å². The molecular weight excluding hydrogens is 260 g/mol. The maximum absolute atomic E-state index is 11.4. The van der Waals surface area contributed by atoms with E-state index in [1.54, 1.807) is 18.2 Å². The number of hydrogen-bond acceptors (Lipinski definition) is 3. The minimum atomic E-state index is -0.451. The van der Waals surface area contributed by atoms with Gasteiger partial charge in [0.2, 0.25) is 0 Å². The smallest absolute Gasteiger partial charge is 0.278 e. The van der Waals surface area contributed by atoms with Crippen LogP contribution in [0.5, 0.6) is 0 Å². The molecule has 0 amide bonds. The van der Waals surface area contributed by atoms with E-state index in [9.17, 15) is 9.59 Å². The Balaban J connectivity index is 2.82. The first-order valence-corrected chi connectivity index (χ1v) is 5.08. The lowest BCUT2D eigenvalue weighted by Gasteiger charge is -1.99. The van der Waals surface area contributed by atoms with Crippen LogP contribution in [0.2, 0.25) is 0 Å². The molecule has 0 saturated heterocycles. The molecule has 0 saturated carbocycles. The van der Waals surface area contributed by atoms with Crippen molar-refractivity contribution in [3.8, 4) is 0 Å². The Hall–Kier alpha value is -1.49. The third kappa shape index (κ3) is 1.83. The van der Waals surface area contributed by atoms with Gasteiger partial charge in [-0.1, -0.05) is 15.9 Å². The van der Waals surface area contributed by atoms with Crippen LogP contribution in [0.3, 0.4) is 0 Å². The highest BCUT2D eigenvalue weighted by atomic mass is 79.9. The van der Waals surface area contributed by atoms with E-state index >= 15 is 0 Å². The lowest BCUT2D eigenvalue weighted by molar-refractivity contribution is 0.101. The first-order chi connectivity index (χ1) is 7.08. The molecule has 0 spiro atoms. The van der Waals surface area contributed by atoms with Gasteiger partial charge in [0.15, 0.2) is 11.5 Å². The fraction of sp³-hybridized carbons (Fsp3) is 0.100. The zero-order valence-electron chi connectivity index (χ0n) is 7.87. The van der Waals surface area contributed by atoms with E-state index in [2.05, 4.69) is 25.9 Å². The van der Waals surface area contributed by atoms with E-state index in [1.165, 1.54) is 6.92 Å². The van der Waals surface area contributed by atoms with Crippen LogP contribution in [-0.2, 0) is 0 Å². The number of aromatic nitrogens is 2.